The lowest BCUT2D eigenvalue weighted by molar-refractivity contribution is -0.156. The molecule has 3 amide bonds. The van der Waals surface area contributed by atoms with Crippen LogP contribution >= 0.6 is 0 Å². The van der Waals surface area contributed by atoms with E-state index in [0.29, 0.717) is 11.4 Å². The van der Waals surface area contributed by atoms with E-state index in [4.69, 9.17) is 4.74 Å². The monoisotopic (exact) mass is 397 g/mol. The minimum Gasteiger partial charge on any atom is -0.451 e. The van der Waals surface area contributed by atoms with Gasteiger partial charge in [-0.05, 0) is 37.1 Å². The third kappa shape index (κ3) is 6.34. The van der Waals surface area contributed by atoms with Crippen molar-refractivity contribution in [2.24, 2.45) is 5.92 Å². The molecule has 0 saturated heterocycles. The van der Waals surface area contributed by atoms with Gasteiger partial charge in [0.05, 0.1) is 0 Å². The van der Waals surface area contributed by atoms with Crippen molar-refractivity contribution in [2.75, 3.05) is 17.3 Å². The van der Waals surface area contributed by atoms with Crippen LogP contribution in [-0.4, -0.2) is 37.1 Å². The zero-order valence-electron chi connectivity index (χ0n) is 17.1. The first kappa shape index (κ1) is 21.9. The molecule has 0 spiro atoms. The Labute approximate surface area is 171 Å². The van der Waals surface area contributed by atoms with E-state index < -0.39 is 24.1 Å². The normalized spacial score (nSPS) is 12.6. The van der Waals surface area contributed by atoms with E-state index in [1.807, 2.05) is 24.3 Å². The maximum Gasteiger partial charge on any atom is 0.329 e. The molecule has 2 N–H and O–H groups in total. The van der Waals surface area contributed by atoms with Crippen molar-refractivity contribution < 1.29 is 19.1 Å². The molecule has 0 heterocycles. The molecule has 2 aromatic rings. The molecule has 29 heavy (non-hydrogen) atoms. The van der Waals surface area contributed by atoms with E-state index in [2.05, 4.69) is 10.6 Å². The van der Waals surface area contributed by atoms with Crippen molar-refractivity contribution in [1.29, 1.82) is 0 Å². The summed E-state index contributed by atoms with van der Waals surface area (Å²) in [6.45, 7) is 5.09. The predicted octanol–water partition coefficient (Wildman–Crippen LogP) is 3.43. The number of anilines is 2. The molecule has 0 unspecified atom stereocenters. The Hall–Kier alpha value is -3.35. The van der Waals surface area contributed by atoms with Gasteiger partial charge in [-0.2, -0.15) is 0 Å². The second kappa shape index (κ2) is 10.3. The van der Waals surface area contributed by atoms with Crippen LogP contribution < -0.4 is 15.5 Å². The molecule has 0 aliphatic heterocycles. The molecule has 7 nitrogen and oxygen atoms in total. The number of carbonyl (C=O) groups excluding carboxylic acids is 3. The number of esters is 1. The van der Waals surface area contributed by atoms with Gasteiger partial charge in [-0.25, -0.2) is 9.59 Å². The highest BCUT2D eigenvalue weighted by Gasteiger charge is 2.30. The summed E-state index contributed by atoms with van der Waals surface area (Å²) in [4.78, 5) is 38.9. The standard InChI is InChI=1S/C22H27N3O4/c1-15(2)19(24-22(28)23-17-11-7-5-8-12-17)21(27)29-16(3)20(26)25(4)18-13-9-6-10-14-18/h5-16,19H,1-4H3,(H2,23,24,28)/t16-,19-/m0/s1. The highest BCUT2D eigenvalue weighted by molar-refractivity contribution is 5.97. The highest BCUT2D eigenvalue weighted by Crippen LogP contribution is 2.14. The van der Waals surface area contributed by atoms with E-state index in [-0.39, 0.29) is 11.8 Å². The topological polar surface area (TPSA) is 87.7 Å². The van der Waals surface area contributed by atoms with Crippen LogP contribution in [0, 0.1) is 5.92 Å². The van der Waals surface area contributed by atoms with Gasteiger partial charge in [0.2, 0.25) is 0 Å². The van der Waals surface area contributed by atoms with Crippen LogP contribution in [0.1, 0.15) is 20.8 Å². The summed E-state index contributed by atoms with van der Waals surface area (Å²) in [5.74, 6) is -1.25. The van der Waals surface area contributed by atoms with Crippen LogP contribution in [0.4, 0.5) is 16.2 Å². The van der Waals surface area contributed by atoms with Crippen LogP contribution in [0.5, 0.6) is 0 Å². The van der Waals surface area contributed by atoms with Crippen LogP contribution in [0.25, 0.3) is 0 Å². The van der Waals surface area contributed by atoms with Gasteiger partial charge in [-0.1, -0.05) is 50.2 Å². The maximum atomic E-state index is 12.6. The third-order valence-electron chi connectivity index (χ3n) is 4.35. The Morgan fingerprint density at radius 1 is 0.897 bits per heavy atom. The molecule has 2 rings (SSSR count). The fraction of sp³-hybridized carbons (Fsp3) is 0.318. The van der Waals surface area contributed by atoms with E-state index in [0.717, 1.165) is 0 Å². The Morgan fingerprint density at radius 3 is 2.00 bits per heavy atom. The van der Waals surface area contributed by atoms with Gasteiger partial charge in [-0.3, -0.25) is 4.79 Å². The molecule has 2 atom stereocenters. The van der Waals surface area contributed by atoms with Crippen LogP contribution in [0.15, 0.2) is 60.7 Å². The summed E-state index contributed by atoms with van der Waals surface area (Å²) in [5.41, 5.74) is 1.30. The Morgan fingerprint density at radius 2 is 1.45 bits per heavy atom. The fourth-order valence-corrected chi connectivity index (χ4v) is 2.68. The molecule has 2 aromatic carbocycles. The third-order valence-corrected chi connectivity index (χ3v) is 4.35. The molecular weight excluding hydrogens is 370 g/mol. The van der Waals surface area contributed by atoms with Gasteiger partial charge in [0, 0.05) is 18.4 Å². The zero-order chi connectivity index (χ0) is 21.4. The number of likely N-dealkylation sites (N-methyl/N-ethyl adjacent to an activating group) is 1. The maximum absolute atomic E-state index is 12.6. The number of rotatable bonds is 7. The lowest BCUT2D eigenvalue weighted by Crippen LogP contribution is -2.49. The number of urea groups is 1. The summed E-state index contributed by atoms with van der Waals surface area (Å²) in [5, 5.41) is 5.29. The fourth-order valence-electron chi connectivity index (χ4n) is 2.68. The van der Waals surface area contributed by atoms with Crippen LogP contribution in [0.3, 0.4) is 0 Å². The lowest BCUT2D eigenvalue weighted by atomic mass is 10.0. The van der Waals surface area contributed by atoms with E-state index in [1.165, 1.54) is 11.8 Å². The van der Waals surface area contributed by atoms with Crippen molar-refractivity contribution in [3.63, 3.8) is 0 Å². The number of nitrogens with zero attached hydrogens (tertiary/aromatic N) is 1. The number of carbonyl (C=O) groups is 3. The summed E-state index contributed by atoms with van der Waals surface area (Å²) >= 11 is 0. The lowest BCUT2D eigenvalue weighted by Gasteiger charge is -2.25. The second-order valence-corrected chi connectivity index (χ2v) is 7.00. The minimum atomic E-state index is -0.993. The number of nitrogens with one attached hydrogen (secondary N) is 2. The molecule has 0 aliphatic carbocycles. The number of benzene rings is 2. The molecule has 0 aliphatic rings. The molecule has 0 fully saturated rings. The van der Waals surface area contributed by atoms with Crippen molar-refractivity contribution in [2.45, 2.75) is 32.9 Å². The summed E-state index contributed by atoms with van der Waals surface area (Å²) in [7, 11) is 1.62. The number of ether oxygens (including phenoxy) is 1. The number of amides is 3. The summed E-state index contributed by atoms with van der Waals surface area (Å²) < 4.78 is 5.36. The number of para-hydroxylation sites is 2. The first-order valence-corrected chi connectivity index (χ1v) is 9.45. The van der Waals surface area contributed by atoms with E-state index in [9.17, 15) is 14.4 Å². The zero-order valence-corrected chi connectivity index (χ0v) is 17.1. The minimum absolute atomic E-state index is 0.224. The van der Waals surface area contributed by atoms with Gasteiger partial charge in [0.1, 0.15) is 6.04 Å². The first-order valence-electron chi connectivity index (χ1n) is 9.45. The van der Waals surface area contributed by atoms with Gasteiger partial charge in [0.25, 0.3) is 5.91 Å². The summed E-state index contributed by atoms with van der Waals surface area (Å²) in [6.07, 6.45) is -0.993. The van der Waals surface area contributed by atoms with Gasteiger partial charge in [0.15, 0.2) is 6.10 Å². The molecule has 0 saturated carbocycles. The Bertz CT molecular complexity index is 824. The Balaban J connectivity index is 1.97. The van der Waals surface area contributed by atoms with Gasteiger partial charge < -0.3 is 20.3 Å². The second-order valence-electron chi connectivity index (χ2n) is 7.00. The number of hydrogen-bond acceptors (Lipinski definition) is 4. The van der Waals surface area contributed by atoms with Gasteiger partial charge >= 0.3 is 12.0 Å². The molecule has 0 aromatic heterocycles. The smallest absolute Gasteiger partial charge is 0.329 e. The van der Waals surface area contributed by atoms with Crippen molar-refractivity contribution in [3.05, 3.63) is 60.7 Å². The van der Waals surface area contributed by atoms with Crippen LogP contribution in [-0.2, 0) is 14.3 Å². The van der Waals surface area contributed by atoms with E-state index >= 15 is 0 Å². The van der Waals surface area contributed by atoms with Crippen molar-refractivity contribution in [3.8, 4) is 0 Å². The van der Waals surface area contributed by atoms with E-state index in [1.54, 1.807) is 57.3 Å². The average molecular weight is 397 g/mol. The predicted molar refractivity (Wildman–Crippen MR) is 113 cm³/mol. The molecular formula is C22H27N3O4. The molecule has 0 radical (unpaired) electrons. The number of hydrogen-bond donors (Lipinski definition) is 2. The van der Waals surface area contributed by atoms with Crippen molar-refractivity contribution >= 4 is 29.3 Å². The first-order chi connectivity index (χ1) is 13.8. The molecule has 7 heteroatoms. The average Bonchev–Trinajstić information content (AvgIpc) is 2.71. The van der Waals surface area contributed by atoms with Gasteiger partial charge in [-0.15, -0.1) is 0 Å². The molecule has 0 bridgehead atoms. The Kier molecular flexibility index (Phi) is 7.77. The summed E-state index contributed by atoms with van der Waals surface area (Å²) in [6, 6.07) is 16.6. The van der Waals surface area contributed by atoms with Crippen LogP contribution in [0.2, 0.25) is 0 Å². The SMILES string of the molecule is CC(C)[C@H](NC(=O)Nc1ccccc1)C(=O)O[C@@H](C)C(=O)N(C)c1ccccc1. The molecule has 154 valence electrons. The quantitative estimate of drug-likeness (QED) is 0.701. The van der Waals surface area contributed by atoms with Crippen molar-refractivity contribution in [1.82, 2.24) is 5.32 Å². The highest BCUT2D eigenvalue weighted by atomic mass is 16.5. The largest absolute Gasteiger partial charge is 0.451 e.